The van der Waals surface area contributed by atoms with Crippen LogP contribution in [0.3, 0.4) is 0 Å². The maximum absolute atomic E-state index is 12.1. The minimum atomic E-state index is -0.290. The van der Waals surface area contributed by atoms with E-state index in [-0.39, 0.29) is 206 Å². The first-order chi connectivity index (χ1) is 61.9. The number of likely N-dealkylation sites (N-methyl/N-ethyl adjacent to an activating group) is 4. The maximum Gasteiger partial charge on any atom is 1.00 e. The molecule has 5 atom stereocenters. The third kappa shape index (κ3) is 71.0. The van der Waals surface area contributed by atoms with Crippen molar-refractivity contribution in [3.63, 3.8) is 0 Å². The predicted molar refractivity (Wildman–Crippen MR) is 564 cm³/mol. The van der Waals surface area contributed by atoms with Crippen LogP contribution in [0.5, 0.6) is 0 Å². The van der Waals surface area contributed by atoms with E-state index >= 15 is 0 Å². The molecule has 2 fully saturated rings. The van der Waals surface area contributed by atoms with Crippen LogP contribution in [0.15, 0.2) is 102 Å². The van der Waals surface area contributed by atoms with Crippen molar-refractivity contribution >= 4 is 69.6 Å². The number of hydrogen-bond donors (Lipinski definition) is 5. The number of benzene rings is 3. The van der Waals surface area contributed by atoms with E-state index in [1.807, 2.05) is 200 Å². The zero-order chi connectivity index (χ0) is 105. The molecular weight excluding hydrogens is 1770 g/mol. The second-order valence-corrected chi connectivity index (χ2v) is 40.5. The van der Waals surface area contributed by atoms with Crippen LogP contribution in [0.2, 0.25) is 0 Å². The van der Waals surface area contributed by atoms with E-state index in [2.05, 4.69) is 221 Å². The normalized spacial score (nSPS) is 13.9. The molecule has 135 heavy (non-hydrogen) atoms. The van der Waals surface area contributed by atoms with Gasteiger partial charge >= 0.3 is 58.2 Å². The Morgan fingerprint density at radius 1 is 0.452 bits per heavy atom. The second-order valence-electron chi connectivity index (χ2n) is 40.5. The minimum absolute atomic E-state index is 0. The SMILES string of the molecule is CC(=O)C(C)C.CC(=O)C(C)C.CC(=O)C(C)C.CC(C)C(=O)N(C)C(C)CN(C)C(C)C.CC(C)C(=O)N(C)CC(C)N(C)C(C)C.CC(C)N1CCN(Cc2ccccc2)CC1.CC(C)NC(C)C(=O)CCC(=O)C(C)C.CC(C)NC1CCN(C(C)C(=O)C(C)C)C1=O.CC(C)NCc1ccccc1.CC(C)Nc1ccccc1.CC(C)Nc1cn[c-]n(CC(=O)C(C)C)c1=O.[Rb+]. The predicted octanol–water partition coefficient (Wildman–Crippen LogP) is 15.5. The molecule has 26 heteroatoms. The molecule has 1 aromatic heterocycles. The average molecular weight is 1970 g/mol. The molecule has 2 aliphatic rings. The Labute approximate surface area is 872 Å². The molecule has 3 heterocycles. The van der Waals surface area contributed by atoms with Gasteiger partial charge < -0.3 is 60.5 Å². The second kappa shape index (κ2) is 78.5. The van der Waals surface area contributed by atoms with Gasteiger partial charge in [0.1, 0.15) is 28.9 Å². The Kier molecular flexibility index (Phi) is 81.1. The van der Waals surface area contributed by atoms with Crippen molar-refractivity contribution in [2.24, 2.45) is 47.3 Å². The summed E-state index contributed by atoms with van der Waals surface area (Å²) >= 11 is 0. The van der Waals surface area contributed by atoms with Gasteiger partial charge in [-0.1, -0.05) is 237 Å². The third-order valence-corrected chi connectivity index (χ3v) is 22.3. The first-order valence-corrected chi connectivity index (χ1v) is 49.6. The Morgan fingerprint density at radius 3 is 1.25 bits per heavy atom. The summed E-state index contributed by atoms with van der Waals surface area (Å²) in [5, 5.41) is 16.0. The van der Waals surface area contributed by atoms with E-state index in [0.29, 0.717) is 73.4 Å². The van der Waals surface area contributed by atoms with Gasteiger partial charge in [0, 0.05) is 211 Å². The van der Waals surface area contributed by atoms with Gasteiger partial charge in [0.05, 0.1) is 24.7 Å². The molecule has 2 saturated heterocycles. The Bertz CT molecular complexity index is 3820. The Morgan fingerprint density at radius 2 is 0.881 bits per heavy atom. The van der Waals surface area contributed by atoms with Gasteiger partial charge in [-0.2, -0.15) is 0 Å². The molecular formula is C109H197N14O11Rb. The van der Waals surface area contributed by atoms with Crippen molar-refractivity contribution < 1.29 is 106 Å². The van der Waals surface area contributed by atoms with Gasteiger partial charge in [0.25, 0.3) is 0 Å². The van der Waals surface area contributed by atoms with Crippen molar-refractivity contribution in [1.82, 2.24) is 59.8 Å². The number of Topliss-reactive ketones (excluding diaryl/α,β-unsaturated/α-hetero) is 7. The summed E-state index contributed by atoms with van der Waals surface area (Å²) in [5.74, 6) is 2.44. The van der Waals surface area contributed by atoms with Crippen LogP contribution in [-0.2, 0) is 67.6 Å². The fourth-order valence-electron chi connectivity index (χ4n) is 11.9. The van der Waals surface area contributed by atoms with Crippen LogP contribution in [0.4, 0.5) is 11.4 Å². The largest absolute Gasteiger partial charge is 1.00 e. The van der Waals surface area contributed by atoms with Crippen LogP contribution in [-0.4, -0.2) is 255 Å². The molecule has 2 aliphatic heterocycles. The molecule has 3 amide bonds. The van der Waals surface area contributed by atoms with Crippen LogP contribution in [0.25, 0.3) is 0 Å². The minimum Gasteiger partial charge on any atom is -0.399 e. The van der Waals surface area contributed by atoms with E-state index in [9.17, 15) is 52.7 Å². The molecule has 5 N–H and O–H groups in total. The summed E-state index contributed by atoms with van der Waals surface area (Å²) in [7, 11) is 7.96. The van der Waals surface area contributed by atoms with Crippen LogP contribution >= 0.6 is 0 Å². The van der Waals surface area contributed by atoms with Crippen molar-refractivity contribution in [3.8, 4) is 0 Å². The number of piperazine rings is 1. The molecule has 6 rings (SSSR count). The Hall–Kier alpha value is -6.23. The van der Waals surface area contributed by atoms with Gasteiger partial charge in [0.15, 0.2) is 17.1 Å². The summed E-state index contributed by atoms with van der Waals surface area (Å²) in [6, 6.07) is 35.1. The molecule has 5 unspecified atom stereocenters. The Balaban J connectivity index is -0.000000344. The standard InChI is InChI=1S/C14H22N2.C13H24N2O2.C12H18N3O2.2C12H26N2O.C12H23NO2.C10H15N.C9H13N.3C5H10O.Rb/c1-13(2)16-10-8-15(9-11-16)12-14-6-4-3-5-7-14;1-8(2)12(16)10(5)15-7-6-11(13(15)17)14-9(3)4;1-8(2)11(16)6-15-7-13-5-10(12(15)17)14-9(3)4;1-9(2)12(15)13(6)8-11(5)14(7)10(3)4;1-9(2)12(15)14(7)11(5)8-13(6)10(3)4;1-8(2)11(14)6-7-12(15)10(5)13-9(3)4;1-9(2)11-8-10-6-4-3-5-7-10;1-8(2)10-9-6-4-3-5-7-9;3*1-4(2)5(3)6;/h3-7,13H,8-12H2,1-2H3;8-11,14H,6-7H2,1-5H3;5,8-9,14H,6H2,1-4H3;2*9-11H,8H2,1-7H3;8-10,13H,6-7H2,1-5H3;3-7,9,11H,8H2,1-2H3;3-8,10H,1-2H3;3*4H,1-3H3;/q;;-1;;;;;;;;;+1. The monoisotopic (exact) mass is 1960 g/mol. The number of amides is 3. The fourth-order valence-corrected chi connectivity index (χ4v) is 11.9. The average Bonchev–Trinajstić information content (AvgIpc) is 1.59. The van der Waals surface area contributed by atoms with Gasteiger partial charge in [-0.25, -0.2) is 0 Å². The topological polar surface area (TPSA) is 288 Å². The van der Waals surface area contributed by atoms with Crippen molar-refractivity contribution in [2.75, 3.05) is 84.6 Å². The van der Waals surface area contributed by atoms with E-state index in [0.717, 1.165) is 32.6 Å². The third-order valence-electron chi connectivity index (χ3n) is 22.3. The maximum atomic E-state index is 12.1. The molecule has 0 spiro atoms. The number of likely N-dealkylation sites (tertiary alicyclic amines) is 1. The number of carbonyl (C=O) groups excluding carboxylic acids is 10. The van der Waals surface area contributed by atoms with E-state index in [1.165, 1.54) is 53.8 Å². The summed E-state index contributed by atoms with van der Waals surface area (Å²) in [6.45, 7) is 86.0. The van der Waals surface area contributed by atoms with Crippen molar-refractivity contribution in [1.29, 1.82) is 0 Å². The summed E-state index contributed by atoms with van der Waals surface area (Å²) in [5.41, 5.74) is 4.11. The van der Waals surface area contributed by atoms with Gasteiger partial charge in [-0.15, -0.1) is 0 Å². The summed E-state index contributed by atoms with van der Waals surface area (Å²) in [6.07, 6.45) is 5.49. The number of nitrogens with zero attached hydrogens (tertiary/aromatic N) is 9. The van der Waals surface area contributed by atoms with Crippen molar-refractivity contribution in [3.05, 3.63) is 125 Å². The molecule has 0 radical (unpaired) electrons. The molecule has 0 saturated carbocycles. The van der Waals surface area contributed by atoms with Crippen molar-refractivity contribution in [2.45, 2.75) is 387 Å². The number of rotatable bonds is 38. The van der Waals surface area contributed by atoms with E-state index in [1.54, 1.807) is 39.5 Å². The van der Waals surface area contributed by atoms with Crippen LogP contribution in [0.1, 0.15) is 300 Å². The van der Waals surface area contributed by atoms with Gasteiger partial charge in [-0.05, 0) is 161 Å². The molecule has 770 valence electrons. The molecule has 25 nitrogen and oxygen atoms in total. The smallest absolute Gasteiger partial charge is 0.399 e. The van der Waals surface area contributed by atoms with Gasteiger partial charge in [0.2, 0.25) is 17.7 Å². The fraction of sp³-hybridized carbons (Fsp3) is 0.706. The number of carbonyl (C=O) groups is 10. The number of para-hydroxylation sites is 1. The number of nitrogens with one attached hydrogen (secondary N) is 5. The first kappa shape index (κ1) is 139. The zero-order valence-electron chi connectivity index (χ0n) is 93.6. The molecule has 0 bridgehead atoms. The van der Waals surface area contributed by atoms with Crippen LogP contribution < -0.4 is 90.3 Å². The first-order valence-electron chi connectivity index (χ1n) is 49.6. The summed E-state index contributed by atoms with van der Waals surface area (Å²) < 4.78 is 1.22. The molecule has 0 aliphatic carbocycles. The quantitative estimate of drug-likeness (QED) is 0.0261. The number of hydrogen-bond acceptors (Lipinski definition) is 21. The number of anilines is 2. The number of aromatic nitrogens is 2. The zero-order valence-corrected chi connectivity index (χ0v) is 98.5. The molecule has 3 aromatic carbocycles. The van der Waals surface area contributed by atoms with Gasteiger partial charge in [-0.3, -0.25) is 62.6 Å². The van der Waals surface area contributed by atoms with E-state index in [4.69, 9.17) is 0 Å². The van der Waals surface area contributed by atoms with Crippen LogP contribution in [0, 0.1) is 53.7 Å². The van der Waals surface area contributed by atoms with E-state index < -0.39 is 0 Å². The molecule has 4 aromatic rings. The number of ketones is 7. The summed E-state index contributed by atoms with van der Waals surface area (Å²) in [4.78, 5) is 143.